The smallest absolute Gasteiger partial charge is 0.233 e. The van der Waals surface area contributed by atoms with Gasteiger partial charge in [0.05, 0.1) is 12.8 Å². The van der Waals surface area contributed by atoms with Crippen molar-refractivity contribution in [2.45, 2.75) is 19.8 Å². The molecular weight excluding hydrogens is 389 g/mol. The van der Waals surface area contributed by atoms with Crippen LogP contribution in [0.1, 0.15) is 22.4 Å². The van der Waals surface area contributed by atoms with Crippen molar-refractivity contribution in [3.8, 4) is 5.75 Å². The van der Waals surface area contributed by atoms with E-state index >= 15 is 0 Å². The Morgan fingerprint density at radius 2 is 2.00 bits per heavy atom. The van der Waals surface area contributed by atoms with Crippen LogP contribution in [0.25, 0.3) is 0 Å². The van der Waals surface area contributed by atoms with E-state index in [0.29, 0.717) is 30.0 Å². The summed E-state index contributed by atoms with van der Waals surface area (Å²) in [6.07, 6.45) is 5.65. The zero-order valence-corrected chi connectivity index (χ0v) is 16.9. The van der Waals surface area contributed by atoms with E-state index in [1.807, 2.05) is 0 Å². The summed E-state index contributed by atoms with van der Waals surface area (Å²) >= 11 is 0. The highest BCUT2D eigenvalue weighted by Gasteiger charge is 2.12. The molecule has 0 saturated heterocycles. The van der Waals surface area contributed by atoms with Crippen LogP contribution in [0.15, 0.2) is 47.8 Å². The Morgan fingerprint density at radius 1 is 1.27 bits per heavy atom. The molecule has 2 aromatic heterocycles. The molecule has 2 heterocycles. The van der Waals surface area contributed by atoms with Crippen LogP contribution in [0.4, 0.5) is 16.0 Å². The summed E-state index contributed by atoms with van der Waals surface area (Å²) in [4.78, 5) is 12.2. The number of rotatable bonds is 7. The summed E-state index contributed by atoms with van der Waals surface area (Å²) in [6, 6.07) is 6.29. The Hall–Kier alpha value is -3.75. The molecule has 9 heteroatoms. The molecule has 30 heavy (non-hydrogen) atoms. The molecule has 0 spiro atoms. The molecule has 8 nitrogen and oxygen atoms in total. The van der Waals surface area contributed by atoms with Gasteiger partial charge in [-0.05, 0) is 47.6 Å². The summed E-state index contributed by atoms with van der Waals surface area (Å²) in [7, 11) is 2.75. The van der Waals surface area contributed by atoms with Crippen LogP contribution in [0.3, 0.4) is 0 Å². The van der Waals surface area contributed by atoms with E-state index in [2.05, 4.69) is 20.3 Å². The number of nitrogens with zero attached hydrogens (tertiary/aromatic N) is 4. The Morgan fingerprint density at radius 3 is 2.63 bits per heavy atom. The number of anilines is 2. The lowest BCUT2D eigenvalue weighted by Crippen LogP contribution is -2.32. The molecule has 3 aromatic rings. The molecule has 0 atom stereocenters. The summed E-state index contributed by atoms with van der Waals surface area (Å²) in [5.74, 6) is -0.516. The first-order valence-electron chi connectivity index (χ1n) is 9.21. The molecule has 156 valence electrons. The zero-order chi connectivity index (χ0) is 21.7. The lowest BCUT2D eigenvalue weighted by molar-refractivity contribution is -0.908. The topological polar surface area (TPSA) is 107 Å². The van der Waals surface area contributed by atoms with E-state index < -0.39 is 11.7 Å². The quantitative estimate of drug-likeness (QED) is 0.265. The number of hydrogen-bond acceptors (Lipinski definition) is 7. The molecule has 0 saturated carbocycles. The number of halogens is 1. The molecule has 3 rings (SSSR count). The van der Waals surface area contributed by atoms with Gasteiger partial charge in [-0.2, -0.15) is 0 Å². The fourth-order valence-electron chi connectivity index (χ4n) is 2.88. The van der Waals surface area contributed by atoms with E-state index in [1.54, 1.807) is 31.5 Å². The first kappa shape index (κ1) is 21.0. The predicted octanol–water partition coefficient (Wildman–Crippen LogP) is 1.72. The number of ether oxygens (including phenoxy) is 1. The Bertz CT molecular complexity index is 1070. The first-order chi connectivity index (χ1) is 14.4. The van der Waals surface area contributed by atoms with Gasteiger partial charge in [0.1, 0.15) is 0 Å². The fraction of sp³-hybridized carbons (Fsp3) is 0.238. The largest absolute Gasteiger partial charge is 0.859 e. The molecule has 1 aromatic carbocycles. The lowest BCUT2D eigenvalue weighted by Gasteiger charge is -2.15. The SMILES string of the molecule is CN=C([O-])c1cc(CCc2cnc(Nc3cc[n+](O)c(C)c3)nc2)c(F)c(OC)c1. The molecule has 0 fully saturated rings. The third-order valence-corrected chi connectivity index (χ3v) is 4.55. The van der Waals surface area contributed by atoms with Gasteiger partial charge >= 0.3 is 0 Å². The van der Waals surface area contributed by atoms with Crippen LogP contribution in [-0.2, 0) is 12.8 Å². The number of pyridine rings is 1. The zero-order valence-electron chi connectivity index (χ0n) is 16.9. The molecule has 0 amide bonds. The van der Waals surface area contributed by atoms with E-state index in [0.717, 1.165) is 16.0 Å². The lowest BCUT2D eigenvalue weighted by atomic mass is 10.0. The van der Waals surface area contributed by atoms with Crippen molar-refractivity contribution in [3.05, 3.63) is 71.1 Å². The normalized spacial score (nSPS) is 11.4. The first-order valence-corrected chi connectivity index (χ1v) is 9.21. The highest BCUT2D eigenvalue weighted by Crippen LogP contribution is 2.24. The molecule has 0 radical (unpaired) electrons. The Balaban J connectivity index is 1.71. The highest BCUT2D eigenvalue weighted by atomic mass is 19.1. The minimum absolute atomic E-state index is 0.0117. The maximum absolute atomic E-state index is 14.6. The van der Waals surface area contributed by atoms with Gasteiger partial charge in [-0.1, -0.05) is 0 Å². The molecule has 0 bridgehead atoms. The fourth-order valence-corrected chi connectivity index (χ4v) is 2.88. The standard InChI is InChI=1S/C21H22FN5O3/c1-13-8-17(6-7-27(13)29)26-21-24-11-14(12-25-21)4-5-15-9-16(20(28)23-2)10-18(30-3)19(15)22/h6-12,29H,4-5H2,1-3H3,(H,23,28). The molecule has 0 aliphatic heterocycles. The number of hydrogen-bond donors (Lipinski definition) is 2. The minimum Gasteiger partial charge on any atom is -0.859 e. The molecule has 0 aliphatic rings. The maximum atomic E-state index is 14.6. The van der Waals surface area contributed by atoms with Gasteiger partial charge in [-0.3, -0.25) is 5.21 Å². The van der Waals surface area contributed by atoms with Crippen molar-refractivity contribution in [2.24, 2.45) is 4.99 Å². The van der Waals surface area contributed by atoms with Crippen LogP contribution in [-0.4, -0.2) is 35.2 Å². The van der Waals surface area contributed by atoms with Crippen molar-refractivity contribution in [2.75, 3.05) is 19.5 Å². The Labute approximate surface area is 173 Å². The second kappa shape index (κ2) is 9.17. The van der Waals surface area contributed by atoms with Gasteiger partial charge < -0.3 is 20.2 Å². The number of aryl methyl sites for hydroxylation is 3. The minimum atomic E-state index is -0.495. The second-order valence-corrected chi connectivity index (χ2v) is 6.62. The summed E-state index contributed by atoms with van der Waals surface area (Å²) in [5.41, 5.74) is 2.85. The molecule has 0 aliphatic carbocycles. The van der Waals surface area contributed by atoms with Crippen molar-refractivity contribution in [1.82, 2.24) is 9.97 Å². The van der Waals surface area contributed by atoms with E-state index in [9.17, 15) is 14.7 Å². The highest BCUT2D eigenvalue weighted by molar-refractivity contribution is 5.91. The van der Waals surface area contributed by atoms with Crippen LogP contribution >= 0.6 is 0 Å². The Kier molecular flexibility index (Phi) is 6.41. The van der Waals surface area contributed by atoms with E-state index in [-0.39, 0.29) is 11.3 Å². The number of benzene rings is 1. The number of aromatic nitrogens is 3. The van der Waals surface area contributed by atoms with Crippen LogP contribution < -0.4 is 19.9 Å². The van der Waals surface area contributed by atoms with Crippen LogP contribution in [0.5, 0.6) is 5.75 Å². The van der Waals surface area contributed by atoms with Crippen LogP contribution in [0.2, 0.25) is 0 Å². The summed E-state index contributed by atoms with van der Waals surface area (Å²) < 4.78 is 20.6. The van der Waals surface area contributed by atoms with Crippen molar-refractivity contribution < 1.29 is 24.2 Å². The predicted molar refractivity (Wildman–Crippen MR) is 107 cm³/mol. The van der Waals surface area contributed by atoms with E-state index in [4.69, 9.17) is 4.74 Å². The summed E-state index contributed by atoms with van der Waals surface area (Å²) in [5, 5.41) is 24.4. The monoisotopic (exact) mass is 411 g/mol. The molecule has 0 unspecified atom stereocenters. The van der Waals surface area contributed by atoms with Gasteiger partial charge in [-0.25, -0.2) is 14.4 Å². The third-order valence-electron chi connectivity index (χ3n) is 4.55. The number of nitrogens with one attached hydrogen (secondary N) is 1. The van der Waals surface area contributed by atoms with E-state index in [1.165, 1.54) is 32.5 Å². The van der Waals surface area contributed by atoms with Crippen LogP contribution in [0, 0.1) is 12.7 Å². The average Bonchev–Trinajstić information content (AvgIpc) is 2.76. The summed E-state index contributed by atoms with van der Waals surface area (Å²) in [6.45, 7) is 1.76. The average molecular weight is 411 g/mol. The van der Waals surface area contributed by atoms with Gasteiger partial charge in [0.15, 0.2) is 11.6 Å². The van der Waals surface area contributed by atoms with Crippen molar-refractivity contribution in [3.63, 3.8) is 0 Å². The maximum Gasteiger partial charge on any atom is 0.233 e. The van der Waals surface area contributed by atoms with Gasteiger partial charge in [0, 0.05) is 43.2 Å². The van der Waals surface area contributed by atoms with Crippen molar-refractivity contribution in [1.29, 1.82) is 0 Å². The molecule has 2 N–H and O–H groups in total. The van der Waals surface area contributed by atoms with Crippen molar-refractivity contribution >= 4 is 17.5 Å². The third kappa shape index (κ3) is 4.80. The second-order valence-electron chi connectivity index (χ2n) is 6.62. The number of methoxy groups -OCH3 is 1. The van der Waals surface area contributed by atoms with Gasteiger partial charge in [0.25, 0.3) is 0 Å². The van der Waals surface area contributed by atoms with Gasteiger partial charge in [-0.15, -0.1) is 0 Å². The number of aliphatic imine (C=N–C) groups is 1. The van der Waals surface area contributed by atoms with Gasteiger partial charge in [0.2, 0.25) is 17.8 Å². The molecular formula is C21H22FN5O3.